The normalized spacial score (nSPS) is 11.5. The Kier molecular flexibility index (Phi) is 3.77. The lowest BCUT2D eigenvalue weighted by molar-refractivity contribution is -0.144. The molecule has 0 bridgehead atoms. The lowest BCUT2D eigenvalue weighted by Crippen LogP contribution is -2.08. The number of methoxy groups -OCH3 is 1. The lowest BCUT2D eigenvalue weighted by atomic mass is 10.2. The molecule has 23 heavy (non-hydrogen) atoms. The van der Waals surface area contributed by atoms with Gasteiger partial charge in [-0.2, -0.15) is 13.2 Å². The Morgan fingerprint density at radius 1 is 0.957 bits per heavy atom. The van der Waals surface area contributed by atoms with Gasteiger partial charge in [-0.05, 0) is 36.4 Å². The summed E-state index contributed by atoms with van der Waals surface area (Å²) in [7, 11) is 1.52. The van der Waals surface area contributed by atoms with Crippen LogP contribution in [-0.2, 0) is 6.18 Å². The van der Waals surface area contributed by atoms with Gasteiger partial charge in [-0.3, -0.25) is 0 Å². The van der Waals surface area contributed by atoms with Crippen molar-refractivity contribution in [3.63, 3.8) is 0 Å². The van der Waals surface area contributed by atoms with E-state index in [1.54, 1.807) is 54.6 Å². The summed E-state index contributed by atoms with van der Waals surface area (Å²) in [5, 5.41) is 3.62. The van der Waals surface area contributed by atoms with Crippen LogP contribution in [0.4, 0.5) is 13.2 Å². The second kappa shape index (κ2) is 5.75. The molecule has 118 valence electrons. The first-order chi connectivity index (χ1) is 11.0. The molecule has 7 heteroatoms. The number of hydrogen-bond donors (Lipinski definition) is 0. The van der Waals surface area contributed by atoms with Gasteiger partial charge in [-0.15, -0.1) is 5.10 Å². The van der Waals surface area contributed by atoms with Gasteiger partial charge in [0.15, 0.2) is 5.82 Å². The van der Waals surface area contributed by atoms with Gasteiger partial charge in [0.2, 0.25) is 0 Å². The van der Waals surface area contributed by atoms with Crippen molar-refractivity contribution in [1.82, 2.24) is 14.8 Å². The van der Waals surface area contributed by atoms with Crippen LogP contribution >= 0.6 is 0 Å². The van der Waals surface area contributed by atoms with Gasteiger partial charge in [0.1, 0.15) is 5.75 Å². The van der Waals surface area contributed by atoms with Crippen LogP contribution in [0.25, 0.3) is 17.1 Å². The largest absolute Gasteiger partial charge is 0.497 e. The van der Waals surface area contributed by atoms with E-state index in [2.05, 4.69) is 10.1 Å². The van der Waals surface area contributed by atoms with Crippen molar-refractivity contribution in [3.05, 3.63) is 60.4 Å². The van der Waals surface area contributed by atoms with E-state index < -0.39 is 12.0 Å². The zero-order valence-corrected chi connectivity index (χ0v) is 12.1. The number of para-hydroxylation sites is 1. The summed E-state index contributed by atoms with van der Waals surface area (Å²) < 4.78 is 45.2. The van der Waals surface area contributed by atoms with Crippen LogP contribution in [0.15, 0.2) is 54.6 Å². The van der Waals surface area contributed by atoms with E-state index in [-0.39, 0.29) is 5.82 Å². The van der Waals surface area contributed by atoms with Crippen LogP contribution in [0.2, 0.25) is 0 Å². The molecule has 3 aromatic rings. The first-order valence-electron chi connectivity index (χ1n) is 6.73. The predicted molar refractivity (Wildman–Crippen MR) is 78.3 cm³/mol. The summed E-state index contributed by atoms with van der Waals surface area (Å²) in [6.45, 7) is 0. The quantitative estimate of drug-likeness (QED) is 0.733. The molecule has 3 rings (SSSR count). The maximum atomic E-state index is 13.0. The van der Waals surface area contributed by atoms with Crippen molar-refractivity contribution in [2.24, 2.45) is 0 Å². The number of benzene rings is 2. The molecule has 0 fully saturated rings. The number of nitrogens with zero attached hydrogens (tertiary/aromatic N) is 3. The van der Waals surface area contributed by atoms with Gasteiger partial charge >= 0.3 is 6.18 Å². The second-order valence-corrected chi connectivity index (χ2v) is 4.73. The molecule has 0 atom stereocenters. The highest BCUT2D eigenvalue weighted by Crippen LogP contribution is 2.30. The lowest BCUT2D eigenvalue weighted by Gasteiger charge is -2.06. The standard InChI is InChI=1S/C16H12F3N3O/c1-23-13-9-7-11(8-10-13)14-20-15(16(17,18)19)21-22(14)12-5-3-2-4-6-12/h2-10H,1H3. The molecule has 0 amide bonds. The summed E-state index contributed by atoms with van der Waals surface area (Å²) in [6.07, 6.45) is -4.61. The SMILES string of the molecule is COc1ccc(-c2nc(C(F)(F)F)nn2-c2ccccc2)cc1. The van der Waals surface area contributed by atoms with Gasteiger partial charge in [-0.1, -0.05) is 18.2 Å². The van der Waals surface area contributed by atoms with Crippen molar-refractivity contribution in [2.45, 2.75) is 6.18 Å². The topological polar surface area (TPSA) is 39.9 Å². The molecule has 0 unspecified atom stereocenters. The zero-order valence-electron chi connectivity index (χ0n) is 12.1. The number of halogens is 3. The van der Waals surface area contributed by atoms with Gasteiger partial charge in [0.05, 0.1) is 12.8 Å². The molecule has 0 aliphatic rings. The third-order valence-electron chi connectivity index (χ3n) is 3.21. The van der Waals surface area contributed by atoms with Gasteiger partial charge in [0, 0.05) is 5.56 Å². The fourth-order valence-electron chi connectivity index (χ4n) is 2.11. The van der Waals surface area contributed by atoms with Crippen molar-refractivity contribution in [1.29, 1.82) is 0 Å². The Labute approximate surface area is 130 Å². The molecule has 1 heterocycles. The number of ether oxygens (including phenoxy) is 1. The third-order valence-corrected chi connectivity index (χ3v) is 3.21. The Balaban J connectivity index is 2.15. The van der Waals surface area contributed by atoms with E-state index in [0.29, 0.717) is 17.0 Å². The minimum atomic E-state index is -4.61. The Hall–Kier alpha value is -2.83. The fourth-order valence-corrected chi connectivity index (χ4v) is 2.11. The van der Waals surface area contributed by atoms with Gasteiger partial charge < -0.3 is 4.74 Å². The maximum Gasteiger partial charge on any atom is 0.453 e. The summed E-state index contributed by atoms with van der Waals surface area (Å²) >= 11 is 0. The van der Waals surface area contributed by atoms with Crippen molar-refractivity contribution in [2.75, 3.05) is 7.11 Å². The van der Waals surface area contributed by atoms with E-state index in [1.807, 2.05) is 0 Å². The van der Waals surface area contributed by atoms with Crippen LogP contribution in [-0.4, -0.2) is 21.9 Å². The van der Waals surface area contributed by atoms with Gasteiger partial charge in [-0.25, -0.2) is 9.67 Å². The molecule has 0 saturated heterocycles. The molecule has 0 radical (unpaired) electrons. The molecule has 0 aliphatic carbocycles. The number of aromatic nitrogens is 3. The Bertz CT molecular complexity index is 796. The van der Waals surface area contributed by atoms with Crippen molar-refractivity contribution in [3.8, 4) is 22.8 Å². The third kappa shape index (κ3) is 3.03. The highest BCUT2D eigenvalue weighted by molar-refractivity contribution is 5.59. The van der Waals surface area contributed by atoms with Crippen LogP contribution in [0.1, 0.15) is 5.82 Å². The predicted octanol–water partition coefficient (Wildman–Crippen LogP) is 3.96. The summed E-state index contributed by atoms with van der Waals surface area (Å²) in [5.41, 5.74) is 1.01. The molecule has 0 saturated carbocycles. The zero-order chi connectivity index (χ0) is 16.4. The molecular weight excluding hydrogens is 307 g/mol. The van der Waals surface area contributed by atoms with Crippen molar-refractivity contribution >= 4 is 0 Å². The van der Waals surface area contributed by atoms with Crippen LogP contribution in [0, 0.1) is 0 Å². The van der Waals surface area contributed by atoms with E-state index in [0.717, 1.165) is 0 Å². The van der Waals surface area contributed by atoms with Crippen LogP contribution in [0.3, 0.4) is 0 Å². The number of alkyl halides is 3. The summed E-state index contributed by atoms with van der Waals surface area (Å²) in [6, 6.07) is 15.2. The summed E-state index contributed by atoms with van der Waals surface area (Å²) in [5.74, 6) is -0.450. The van der Waals surface area contributed by atoms with E-state index in [4.69, 9.17) is 4.74 Å². The van der Waals surface area contributed by atoms with E-state index in [1.165, 1.54) is 11.8 Å². The minimum Gasteiger partial charge on any atom is -0.497 e. The molecule has 1 aromatic heterocycles. The average Bonchev–Trinajstić information content (AvgIpc) is 3.01. The molecule has 0 N–H and O–H groups in total. The molecule has 0 aliphatic heterocycles. The van der Waals surface area contributed by atoms with Gasteiger partial charge in [0.25, 0.3) is 5.82 Å². The first kappa shape index (κ1) is 15.1. The Morgan fingerprint density at radius 2 is 1.61 bits per heavy atom. The summed E-state index contributed by atoms with van der Waals surface area (Å²) in [4.78, 5) is 3.67. The number of hydrogen-bond acceptors (Lipinski definition) is 3. The molecule has 2 aromatic carbocycles. The fraction of sp³-hybridized carbons (Fsp3) is 0.125. The van der Waals surface area contributed by atoms with E-state index in [9.17, 15) is 13.2 Å². The second-order valence-electron chi connectivity index (χ2n) is 4.73. The van der Waals surface area contributed by atoms with Crippen LogP contribution < -0.4 is 4.74 Å². The molecule has 4 nitrogen and oxygen atoms in total. The monoisotopic (exact) mass is 319 g/mol. The van der Waals surface area contributed by atoms with E-state index >= 15 is 0 Å². The number of rotatable bonds is 3. The molecular formula is C16H12F3N3O. The minimum absolute atomic E-state index is 0.117. The first-order valence-corrected chi connectivity index (χ1v) is 6.73. The maximum absolute atomic E-state index is 13.0. The Morgan fingerprint density at radius 3 is 2.17 bits per heavy atom. The van der Waals surface area contributed by atoms with Crippen LogP contribution in [0.5, 0.6) is 5.75 Å². The highest BCUT2D eigenvalue weighted by Gasteiger charge is 2.37. The molecule has 0 spiro atoms. The average molecular weight is 319 g/mol. The highest BCUT2D eigenvalue weighted by atomic mass is 19.4. The van der Waals surface area contributed by atoms with Crippen molar-refractivity contribution < 1.29 is 17.9 Å². The smallest absolute Gasteiger partial charge is 0.453 e.